The second-order valence-electron chi connectivity index (χ2n) is 3.79. The van der Waals surface area contributed by atoms with Crippen molar-refractivity contribution < 1.29 is 0 Å². The third-order valence-corrected chi connectivity index (χ3v) is 2.51. The van der Waals surface area contributed by atoms with Crippen molar-refractivity contribution in [3.63, 3.8) is 0 Å². The molecule has 2 aromatic rings. The monoisotopic (exact) mass is 221 g/mol. The minimum Gasteiger partial charge on any atom is -0.256 e. The summed E-state index contributed by atoms with van der Waals surface area (Å²) in [5.74, 6) is 0. The summed E-state index contributed by atoms with van der Waals surface area (Å²) in [6, 6.07) is 18.2. The SMILES string of the molecule is C=CCc1ccccc1N=Cc1ccccc1. The fourth-order valence-electron chi connectivity index (χ4n) is 1.65. The smallest absolute Gasteiger partial charge is 0.0664 e. The van der Waals surface area contributed by atoms with Crippen LogP contribution in [0.5, 0.6) is 0 Å². The molecule has 0 fully saturated rings. The third kappa shape index (κ3) is 3.15. The van der Waals surface area contributed by atoms with Gasteiger partial charge in [0.1, 0.15) is 0 Å². The summed E-state index contributed by atoms with van der Waals surface area (Å²) >= 11 is 0. The highest BCUT2D eigenvalue weighted by molar-refractivity contribution is 5.82. The van der Waals surface area contributed by atoms with Crippen molar-refractivity contribution in [1.29, 1.82) is 0 Å². The molecule has 0 aliphatic rings. The maximum Gasteiger partial charge on any atom is 0.0664 e. The number of aliphatic imine (C=N–C) groups is 1. The molecule has 2 rings (SSSR count). The standard InChI is InChI=1S/C16H15N/c1-2-8-15-11-6-7-12-16(15)17-13-14-9-4-3-5-10-14/h2-7,9-13H,1,8H2. The Morgan fingerprint density at radius 2 is 1.65 bits per heavy atom. The van der Waals surface area contributed by atoms with Crippen LogP contribution in [0.3, 0.4) is 0 Å². The molecule has 0 saturated heterocycles. The maximum atomic E-state index is 4.52. The van der Waals surface area contributed by atoms with Gasteiger partial charge >= 0.3 is 0 Å². The average Bonchev–Trinajstić information content (AvgIpc) is 2.39. The van der Waals surface area contributed by atoms with Gasteiger partial charge in [0, 0.05) is 6.21 Å². The van der Waals surface area contributed by atoms with Gasteiger partial charge in [0.2, 0.25) is 0 Å². The Balaban J connectivity index is 2.24. The molecular formula is C16H15N. The molecule has 17 heavy (non-hydrogen) atoms. The molecule has 0 aliphatic carbocycles. The number of hydrogen-bond donors (Lipinski definition) is 0. The van der Waals surface area contributed by atoms with Gasteiger partial charge in [-0.15, -0.1) is 6.58 Å². The summed E-state index contributed by atoms with van der Waals surface area (Å²) in [6.45, 7) is 3.76. The summed E-state index contributed by atoms with van der Waals surface area (Å²) < 4.78 is 0. The van der Waals surface area contributed by atoms with E-state index in [-0.39, 0.29) is 0 Å². The van der Waals surface area contributed by atoms with Gasteiger partial charge in [-0.05, 0) is 23.6 Å². The maximum absolute atomic E-state index is 4.52. The molecule has 0 bridgehead atoms. The van der Waals surface area contributed by atoms with Crippen LogP contribution < -0.4 is 0 Å². The summed E-state index contributed by atoms with van der Waals surface area (Å²) in [6.07, 6.45) is 4.64. The zero-order valence-corrected chi connectivity index (χ0v) is 9.71. The summed E-state index contributed by atoms with van der Waals surface area (Å²) in [5, 5.41) is 0. The average molecular weight is 221 g/mol. The molecule has 0 saturated carbocycles. The Morgan fingerprint density at radius 1 is 0.941 bits per heavy atom. The van der Waals surface area contributed by atoms with Crippen molar-refractivity contribution in [1.82, 2.24) is 0 Å². The second-order valence-corrected chi connectivity index (χ2v) is 3.79. The van der Waals surface area contributed by atoms with Crippen LogP contribution in [0, 0.1) is 0 Å². The van der Waals surface area contributed by atoms with Crippen LogP contribution in [0.2, 0.25) is 0 Å². The first-order valence-electron chi connectivity index (χ1n) is 5.68. The van der Waals surface area contributed by atoms with Crippen LogP contribution >= 0.6 is 0 Å². The van der Waals surface area contributed by atoms with Gasteiger partial charge in [-0.3, -0.25) is 4.99 Å². The van der Waals surface area contributed by atoms with E-state index >= 15 is 0 Å². The number of rotatable bonds is 4. The number of hydrogen-bond acceptors (Lipinski definition) is 1. The molecular weight excluding hydrogens is 206 g/mol. The van der Waals surface area contributed by atoms with Crippen molar-refractivity contribution in [2.45, 2.75) is 6.42 Å². The van der Waals surface area contributed by atoms with E-state index in [0.717, 1.165) is 17.7 Å². The molecule has 2 aromatic carbocycles. The third-order valence-electron chi connectivity index (χ3n) is 2.51. The predicted octanol–water partition coefficient (Wildman–Crippen LogP) is 4.17. The van der Waals surface area contributed by atoms with Gasteiger partial charge in [-0.2, -0.15) is 0 Å². The molecule has 0 radical (unpaired) electrons. The first kappa shape index (κ1) is 11.3. The molecule has 1 nitrogen and oxygen atoms in total. The first-order chi connectivity index (χ1) is 8.40. The lowest BCUT2D eigenvalue weighted by molar-refractivity contribution is 1.26. The Hall–Kier alpha value is -2.15. The van der Waals surface area contributed by atoms with Gasteiger partial charge in [0.15, 0.2) is 0 Å². The van der Waals surface area contributed by atoms with Crippen LogP contribution in [-0.2, 0) is 6.42 Å². The molecule has 1 heteroatoms. The van der Waals surface area contributed by atoms with Crippen molar-refractivity contribution >= 4 is 11.9 Å². The van der Waals surface area contributed by atoms with E-state index in [4.69, 9.17) is 0 Å². The van der Waals surface area contributed by atoms with E-state index in [2.05, 4.69) is 17.6 Å². The Morgan fingerprint density at radius 3 is 2.41 bits per heavy atom. The van der Waals surface area contributed by atoms with Crippen LogP contribution in [0.15, 0.2) is 72.2 Å². The number of para-hydroxylation sites is 1. The second kappa shape index (κ2) is 5.80. The normalized spacial score (nSPS) is 10.6. The largest absolute Gasteiger partial charge is 0.256 e. The molecule has 0 amide bonds. The lowest BCUT2D eigenvalue weighted by atomic mass is 10.1. The van der Waals surface area contributed by atoms with E-state index in [0.29, 0.717) is 0 Å². The number of allylic oxidation sites excluding steroid dienone is 1. The molecule has 0 atom stereocenters. The lowest BCUT2D eigenvalue weighted by Crippen LogP contribution is -1.83. The highest BCUT2D eigenvalue weighted by Crippen LogP contribution is 2.19. The Kier molecular flexibility index (Phi) is 3.87. The van der Waals surface area contributed by atoms with Gasteiger partial charge in [-0.1, -0.05) is 54.6 Å². The molecule has 84 valence electrons. The van der Waals surface area contributed by atoms with Gasteiger partial charge in [0.25, 0.3) is 0 Å². The topological polar surface area (TPSA) is 12.4 Å². The van der Waals surface area contributed by atoms with E-state index in [1.807, 2.05) is 60.8 Å². The Bertz CT molecular complexity index is 512. The van der Waals surface area contributed by atoms with E-state index in [1.54, 1.807) is 0 Å². The van der Waals surface area contributed by atoms with Crippen LogP contribution in [0.25, 0.3) is 0 Å². The van der Waals surface area contributed by atoms with E-state index in [1.165, 1.54) is 5.56 Å². The fraction of sp³-hybridized carbons (Fsp3) is 0.0625. The zero-order chi connectivity index (χ0) is 11.9. The minimum atomic E-state index is 0.850. The predicted molar refractivity (Wildman–Crippen MR) is 74.0 cm³/mol. The van der Waals surface area contributed by atoms with Crippen molar-refractivity contribution in [3.05, 3.63) is 78.4 Å². The fourth-order valence-corrected chi connectivity index (χ4v) is 1.65. The molecule has 0 N–H and O–H groups in total. The summed E-state index contributed by atoms with van der Waals surface area (Å²) in [5.41, 5.74) is 3.33. The lowest BCUT2D eigenvalue weighted by Gasteiger charge is -2.01. The number of nitrogens with zero attached hydrogens (tertiary/aromatic N) is 1. The molecule has 0 heterocycles. The highest BCUT2D eigenvalue weighted by Gasteiger charge is 1.96. The minimum absolute atomic E-state index is 0.850. The van der Waals surface area contributed by atoms with Gasteiger partial charge < -0.3 is 0 Å². The first-order valence-corrected chi connectivity index (χ1v) is 5.68. The van der Waals surface area contributed by atoms with Crippen molar-refractivity contribution in [3.8, 4) is 0 Å². The van der Waals surface area contributed by atoms with E-state index < -0.39 is 0 Å². The molecule has 0 unspecified atom stereocenters. The summed E-state index contributed by atoms with van der Waals surface area (Å²) in [4.78, 5) is 4.52. The number of benzene rings is 2. The molecule has 0 aromatic heterocycles. The van der Waals surface area contributed by atoms with Crippen molar-refractivity contribution in [2.24, 2.45) is 4.99 Å². The highest BCUT2D eigenvalue weighted by atomic mass is 14.7. The summed E-state index contributed by atoms with van der Waals surface area (Å²) in [7, 11) is 0. The van der Waals surface area contributed by atoms with Crippen LogP contribution in [0.1, 0.15) is 11.1 Å². The van der Waals surface area contributed by atoms with Crippen LogP contribution in [-0.4, -0.2) is 6.21 Å². The van der Waals surface area contributed by atoms with Crippen LogP contribution in [0.4, 0.5) is 5.69 Å². The molecule has 0 spiro atoms. The molecule has 0 aliphatic heterocycles. The zero-order valence-electron chi connectivity index (χ0n) is 9.71. The quantitative estimate of drug-likeness (QED) is 0.543. The van der Waals surface area contributed by atoms with E-state index in [9.17, 15) is 0 Å². The van der Waals surface area contributed by atoms with Crippen molar-refractivity contribution in [2.75, 3.05) is 0 Å². The van der Waals surface area contributed by atoms with Gasteiger partial charge in [0.05, 0.1) is 5.69 Å². The Labute approximate surface area is 102 Å². The van der Waals surface area contributed by atoms with Gasteiger partial charge in [-0.25, -0.2) is 0 Å².